The molecule has 0 radical (unpaired) electrons. The number of hydrogen-bond donors (Lipinski definition) is 1. The summed E-state index contributed by atoms with van der Waals surface area (Å²) < 4.78 is 0.590. The quantitative estimate of drug-likeness (QED) is 0.601. The van der Waals surface area contributed by atoms with E-state index in [4.69, 9.17) is 12.2 Å². The molecule has 54 valence electrons. The van der Waals surface area contributed by atoms with E-state index in [9.17, 15) is 0 Å². The van der Waals surface area contributed by atoms with Crippen LogP contribution in [-0.2, 0) is 0 Å². The molecule has 0 aliphatic carbocycles. The van der Waals surface area contributed by atoms with Crippen molar-refractivity contribution in [2.45, 2.75) is 0 Å². The van der Waals surface area contributed by atoms with Crippen molar-refractivity contribution in [2.24, 2.45) is 0 Å². The van der Waals surface area contributed by atoms with E-state index in [0.717, 1.165) is 11.0 Å². The zero-order valence-corrected chi connectivity index (χ0v) is 6.43. The van der Waals surface area contributed by atoms with Crippen LogP contribution in [0, 0.1) is 4.64 Å². The van der Waals surface area contributed by atoms with Gasteiger partial charge in [-0.1, -0.05) is 12.2 Å². The molecule has 0 amide bonds. The lowest BCUT2D eigenvalue weighted by molar-refractivity contribution is 1.17. The highest BCUT2D eigenvalue weighted by Crippen LogP contribution is 2.05. The third-order valence-electron chi connectivity index (χ3n) is 1.42. The molecule has 0 fully saturated rings. The highest BCUT2D eigenvalue weighted by Gasteiger charge is 1.92. The number of nitrogens with zero attached hydrogens (tertiary/aromatic N) is 2. The van der Waals surface area contributed by atoms with Gasteiger partial charge in [0, 0.05) is 6.20 Å². The molecule has 4 heteroatoms. The Hall–Kier alpha value is -1.29. The number of nitrogens with one attached hydrogen (secondary N) is 1. The molecule has 2 aromatic heterocycles. The van der Waals surface area contributed by atoms with Crippen molar-refractivity contribution in [3.63, 3.8) is 0 Å². The van der Waals surface area contributed by atoms with Gasteiger partial charge in [0.25, 0.3) is 0 Å². The Bertz CT molecular complexity index is 429. The summed E-state index contributed by atoms with van der Waals surface area (Å²) in [6.07, 6.45) is 3.27. The lowest BCUT2D eigenvalue weighted by atomic mass is 10.3. The summed E-state index contributed by atoms with van der Waals surface area (Å²) in [6, 6.07) is 3.74. The van der Waals surface area contributed by atoms with E-state index in [1.807, 2.05) is 12.1 Å². The zero-order valence-electron chi connectivity index (χ0n) is 5.61. The van der Waals surface area contributed by atoms with E-state index < -0.39 is 0 Å². The molecule has 0 saturated carbocycles. The van der Waals surface area contributed by atoms with Crippen LogP contribution in [-0.4, -0.2) is 15.0 Å². The average molecular weight is 163 g/mol. The molecule has 0 saturated heterocycles. The number of pyridine rings is 1. The number of rotatable bonds is 0. The average Bonchev–Trinajstić information content (AvgIpc) is 2.06. The fourth-order valence-electron chi connectivity index (χ4n) is 0.914. The Balaban J connectivity index is 3.03. The topological polar surface area (TPSA) is 41.6 Å². The summed E-state index contributed by atoms with van der Waals surface area (Å²) in [4.78, 5) is 10.9. The highest BCUT2D eigenvalue weighted by molar-refractivity contribution is 7.71. The van der Waals surface area contributed by atoms with Crippen molar-refractivity contribution < 1.29 is 0 Å². The molecule has 2 rings (SSSR count). The lowest BCUT2D eigenvalue weighted by Crippen LogP contribution is -1.84. The van der Waals surface area contributed by atoms with Gasteiger partial charge in [-0.2, -0.15) is 0 Å². The second kappa shape index (κ2) is 2.39. The zero-order chi connectivity index (χ0) is 7.68. The molecule has 0 aliphatic heterocycles. The van der Waals surface area contributed by atoms with Crippen molar-refractivity contribution >= 4 is 23.3 Å². The van der Waals surface area contributed by atoms with E-state index in [1.165, 1.54) is 0 Å². The minimum atomic E-state index is 0.590. The summed E-state index contributed by atoms with van der Waals surface area (Å²) in [5.74, 6) is 0. The maximum Gasteiger partial charge on any atom is 0.141 e. The molecule has 2 aromatic rings. The molecule has 0 spiro atoms. The monoisotopic (exact) mass is 163 g/mol. The second-order valence-corrected chi connectivity index (χ2v) is 2.49. The van der Waals surface area contributed by atoms with E-state index >= 15 is 0 Å². The Morgan fingerprint density at radius 1 is 1.36 bits per heavy atom. The molecule has 2 heterocycles. The SMILES string of the molecule is S=c1nc[nH]c2ncccc12. The first-order valence-electron chi connectivity index (χ1n) is 3.16. The van der Waals surface area contributed by atoms with Gasteiger partial charge in [-0.25, -0.2) is 9.97 Å². The first-order chi connectivity index (χ1) is 5.38. The van der Waals surface area contributed by atoms with Crippen molar-refractivity contribution in [3.05, 3.63) is 29.3 Å². The Labute approximate surface area is 68.1 Å². The number of hydrogen-bond acceptors (Lipinski definition) is 3. The third kappa shape index (κ3) is 1.01. The van der Waals surface area contributed by atoms with E-state index in [2.05, 4.69) is 15.0 Å². The van der Waals surface area contributed by atoms with Crippen LogP contribution in [0.15, 0.2) is 24.7 Å². The second-order valence-electron chi connectivity index (χ2n) is 2.11. The normalized spacial score (nSPS) is 10.2. The Morgan fingerprint density at radius 2 is 2.27 bits per heavy atom. The number of aromatic nitrogens is 3. The maximum atomic E-state index is 4.98. The molecule has 0 aliphatic rings. The van der Waals surface area contributed by atoms with Crippen LogP contribution in [0.5, 0.6) is 0 Å². The van der Waals surface area contributed by atoms with Crippen molar-refractivity contribution in [2.75, 3.05) is 0 Å². The highest BCUT2D eigenvalue weighted by atomic mass is 32.1. The van der Waals surface area contributed by atoms with Crippen LogP contribution < -0.4 is 0 Å². The molecular formula is C7H5N3S. The first-order valence-corrected chi connectivity index (χ1v) is 3.57. The Morgan fingerprint density at radius 3 is 3.09 bits per heavy atom. The van der Waals surface area contributed by atoms with Crippen LogP contribution in [0.4, 0.5) is 0 Å². The van der Waals surface area contributed by atoms with Gasteiger partial charge < -0.3 is 4.98 Å². The van der Waals surface area contributed by atoms with Crippen molar-refractivity contribution in [1.29, 1.82) is 0 Å². The molecule has 0 bridgehead atoms. The van der Waals surface area contributed by atoms with Gasteiger partial charge in [-0.05, 0) is 12.1 Å². The van der Waals surface area contributed by atoms with Crippen molar-refractivity contribution in [3.8, 4) is 0 Å². The number of H-pyrrole nitrogens is 1. The summed E-state index contributed by atoms with van der Waals surface area (Å²) in [7, 11) is 0. The predicted octanol–water partition coefficient (Wildman–Crippen LogP) is 1.69. The van der Waals surface area contributed by atoms with Crippen LogP contribution in [0.25, 0.3) is 11.0 Å². The predicted molar refractivity (Wildman–Crippen MR) is 44.7 cm³/mol. The molecule has 0 aromatic carbocycles. The van der Waals surface area contributed by atoms with Gasteiger partial charge in [-0.3, -0.25) is 0 Å². The Kier molecular flexibility index (Phi) is 1.40. The van der Waals surface area contributed by atoms with Crippen LogP contribution in [0.1, 0.15) is 0 Å². The van der Waals surface area contributed by atoms with Gasteiger partial charge in [0.05, 0.1) is 11.7 Å². The molecule has 1 N–H and O–H groups in total. The van der Waals surface area contributed by atoms with Crippen molar-refractivity contribution in [1.82, 2.24) is 15.0 Å². The summed E-state index contributed by atoms with van der Waals surface area (Å²) >= 11 is 4.98. The smallest absolute Gasteiger partial charge is 0.141 e. The van der Waals surface area contributed by atoms with Gasteiger partial charge in [0.2, 0.25) is 0 Å². The van der Waals surface area contributed by atoms with Crippen LogP contribution in [0.2, 0.25) is 0 Å². The molecule has 11 heavy (non-hydrogen) atoms. The molecular weight excluding hydrogens is 158 g/mol. The van der Waals surface area contributed by atoms with Gasteiger partial charge in [0.1, 0.15) is 10.3 Å². The largest absolute Gasteiger partial charge is 0.330 e. The van der Waals surface area contributed by atoms with Crippen LogP contribution >= 0.6 is 12.2 Å². The summed E-state index contributed by atoms with van der Waals surface area (Å²) in [5.41, 5.74) is 0.785. The lowest BCUT2D eigenvalue weighted by Gasteiger charge is -1.92. The van der Waals surface area contributed by atoms with Crippen LogP contribution in [0.3, 0.4) is 0 Å². The van der Waals surface area contributed by atoms with E-state index in [1.54, 1.807) is 12.5 Å². The number of fused-ring (bicyclic) bond motifs is 1. The van der Waals surface area contributed by atoms with Gasteiger partial charge in [0.15, 0.2) is 0 Å². The summed E-state index contributed by atoms with van der Waals surface area (Å²) in [5, 5.41) is 0.894. The summed E-state index contributed by atoms with van der Waals surface area (Å²) in [6.45, 7) is 0. The third-order valence-corrected chi connectivity index (χ3v) is 1.75. The van der Waals surface area contributed by atoms with Gasteiger partial charge >= 0.3 is 0 Å². The molecule has 0 unspecified atom stereocenters. The number of aromatic amines is 1. The first kappa shape index (κ1) is 6.42. The van der Waals surface area contributed by atoms with E-state index in [-0.39, 0.29) is 0 Å². The minimum Gasteiger partial charge on any atom is -0.330 e. The fraction of sp³-hybridized carbons (Fsp3) is 0. The maximum absolute atomic E-state index is 4.98. The fourth-order valence-corrected chi connectivity index (χ4v) is 1.13. The standard InChI is InChI=1S/C7H5N3S/c11-7-5-2-1-3-8-6(5)9-4-10-7/h1-4H,(H,8,9,10,11). The minimum absolute atomic E-state index is 0.590. The molecule has 3 nitrogen and oxygen atoms in total. The van der Waals surface area contributed by atoms with Gasteiger partial charge in [-0.15, -0.1) is 0 Å². The van der Waals surface area contributed by atoms with E-state index in [0.29, 0.717) is 4.64 Å². The molecule has 0 atom stereocenters.